The molecule has 0 rings (SSSR count). The van der Waals surface area contributed by atoms with Crippen LogP contribution in [-0.4, -0.2) is 49.3 Å². The second kappa shape index (κ2) is 58.2. The molecule has 0 saturated heterocycles. The molecule has 0 bridgehead atoms. The first-order valence-electron chi connectivity index (χ1n) is 30.6. The maximum Gasteiger partial charge on any atom is 0.472 e. The van der Waals surface area contributed by atoms with E-state index in [9.17, 15) is 19.0 Å². The Morgan fingerprint density at radius 2 is 0.764 bits per heavy atom. The lowest BCUT2D eigenvalue weighted by atomic mass is 10.0. The molecule has 0 aromatic heterocycles. The number of phosphoric ester groups is 1. The van der Waals surface area contributed by atoms with E-state index < -0.39 is 26.5 Å². The van der Waals surface area contributed by atoms with Crippen LogP contribution in [0.25, 0.3) is 0 Å². The van der Waals surface area contributed by atoms with Crippen molar-refractivity contribution in [3.63, 3.8) is 0 Å². The first-order valence-corrected chi connectivity index (χ1v) is 32.1. The third-order valence-electron chi connectivity index (χ3n) is 13.5. The Kier molecular flexibility index (Phi) is 56.6. The molecule has 0 aliphatic carbocycles. The number of carbonyl (C=O) groups is 2. The highest BCUT2D eigenvalue weighted by Crippen LogP contribution is 2.43. The summed E-state index contributed by atoms with van der Waals surface area (Å²) in [5.74, 6) is -0.867. The summed E-state index contributed by atoms with van der Waals surface area (Å²) < 4.78 is 32.9. The molecule has 2 unspecified atom stereocenters. The van der Waals surface area contributed by atoms with Gasteiger partial charge < -0.3 is 20.1 Å². The van der Waals surface area contributed by atoms with Crippen molar-refractivity contribution in [2.45, 2.75) is 309 Å². The molecule has 422 valence electrons. The van der Waals surface area contributed by atoms with E-state index in [0.29, 0.717) is 6.42 Å². The monoisotopic (exact) mass is 1030 g/mol. The molecule has 0 heterocycles. The van der Waals surface area contributed by atoms with Crippen molar-refractivity contribution in [2.24, 2.45) is 5.73 Å². The summed E-state index contributed by atoms with van der Waals surface area (Å²) in [7, 11) is -4.40. The van der Waals surface area contributed by atoms with Crippen LogP contribution in [0.2, 0.25) is 0 Å². The summed E-state index contributed by atoms with van der Waals surface area (Å²) in [4.78, 5) is 35.1. The molecule has 9 nitrogen and oxygen atoms in total. The molecule has 0 saturated carbocycles. The largest absolute Gasteiger partial charge is 0.472 e. The van der Waals surface area contributed by atoms with Gasteiger partial charge in [0.2, 0.25) is 0 Å². The Hall–Kier alpha value is -2.03. The molecular formula is C62H116NO8P. The lowest BCUT2D eigenvalue weighted by Gasteiger charge is -2.19. The predicted molar refractivity (Wildman–Crippen MR) is 307 cm³/mol. The van der Waals surface area contributed by atoms with Gasteiger partial charge in [0.25, 0.3) is 0 Å². The zero-order valence-electron chi connectivity index (χ0n) is 47.2. The smallest absolute Gasteiger partial charge is 0.462 e. The number of esters is 2. The number of nitrogens with two attached hydrogens (primary N) is 1. The van der Waals surface area contributed by atoms with Gasteiger partial charge in [0.1, 0.15) is 6.61 Å². The molecule has 72 heavy (non-hydrogen) atoms. The third kappa shape index (κ3) is 57.3. The average molecular weight is 1030 g/mol. The average Bonchev–Trinajstić information content (AvgIpc) is 3.37. The van der Waals surface area contributed by atoms with Crippen molar-refractivity contribution in [3.05, 3.63) is 48.6 Å². The van der Waals surface area contributed by atoms with Gasteiger partial charge in [-0.15, -0.1) is 0 Å². The summed E-state index contributed by atoms with van der Waals surface area (Å²) in [6.07, 6.45) is 72.2. The van der Waals surface area contributed by atoms with Crippen LogP contribution >= 0.6 is 7.82 Å². The number of carbonyl (C=O) groups excluding carboxylic acids is 2. The van der Waals surface area contributed by atoms with Crippen molar-refractivity contribution in [3.8, 4) is 0 Å². The molecule has 0 fully saturated rings. The van der Waals surface area contributed by atoms with Gasteiger partial charge >= 0.3 is 19.8 Å². The lowest BCUT2D eigenvalue weighted by Crippen LogP contribution is -2.29. The molecule has 0 aliphatic heterocycles. The quantitative estimate of drug-likeness (QED) is 0.0264. The van der Waals surface area contributed by atoms with Crippen LogP contribution in [0.3, 0.4) is 0 Å². The number of hydrogen-bond acceptors (Lipinski definition) is 8. The van der Waals surface area contributed by atoms with Crippen LogP contribution in [0.1, 0.15) is 303 Å². The lowest BCUT2D eigenvalue weighted by molar-refractivity contribution is -0.161. The fourth-order valence-corrected chi connectivity index (χ4v) is 9.75. The van der Waals surface area contributed by atoms with Crippen LogP contribution in [-0.2, 0) is 32.7 Å². The molecule has 0 spiro atoms. The van der Waals surface area contributed by atoms with Crippen LogP contribution < -0.4 is 5.73 Å². The first-order chi connectivity index (χ1) is 35.3. The van der Waals surface area contributed by atoms with Gasteiger partial charge in [-0.1, -0.05) is 287 Å². The fraction of sp³-hybridized carbons (Fsp3) is 0.839. The van der Waals surface area contributed by atoms with E-state index in [-0.39, 0.29) is 38.6 Å². The molecule has 0 aliphatic rings. The number of unbranched alkanes of at least 4 members (excludes halogenated alkanes) is 37. The zero-order valence-corrected chi connectivity index (χ0v) is 48.1. The highest BCUT2D eigenvalue weighted by molar-refractivity contribution is 7.47. The van der Waals surface area contributed by atoms with Crippen LogP contribution in [0, 0.1) is 0 Å². The van der Waals surface area contributed by atoms with Gasteiger partial charge in [0.05, 0.1) is 13.2 Å². The van der Waals surface area contributed by atoms with E-state index in [0.717, 1.165) is 57.8 Å². The Bertz CT molecular complexity index is 1320. The minimum atomic E-state index is -4.40. The molecule has 0 amide bonds. The van der Waals surface area contributed by atoms with E-state index >= 15 is 0 Å². The van der Waals surface area contributed by atoms with Crippen molar-refractivity contribution in [1.29, 1.82) is 0 Å². The van der Waals surface area contributed by atoms with Crippen molar-refractivity contribution >= 4 is 19.8 Å². The highest BCUT2D eigenvalue weighted by Gasteiger charge is 2.26. The fourth-order valence-electron chi connectivity index (χ4n) is 8.98. The number of phosphoric acid groups is 1. The second-order valence-corrected chi connectivity index (χ2v) is 22.0. The Morgan fingerprint density at radius 1 is 0.431 bits per heavy atom. The summed E-state index contributed by atoms with van der Waals surface area (Å²) in [6, 6.07) is 0. The van der Waals surface area contributed by atoms with E-state index in [1.165, 1.54) is 212 Å². The van der Waals surface area contributed by atoms with E-state index in [2.05, 4.69) is 62.5 Å². The van der Waals surface area contributed by atoms with Crippen molar-refractivity contribution < 1.29 is 37.6 Å². The van der Waals surface area contributed by atoms with Gasteiger partial charge in [-0.3, -0.25) is 18.6 Å². The van der Waals surface area contributed by atoms with Crippen LogP contribution in [0.4, 0.5) is 0 Å². The molecule has 10 heteroatoms. The number of hydrogen-bond donors (Lipinski definition) is 2. The maximum atomic E-state index is 12.6. The van der Waals surface area contributed by atoms with Gasteiger partial charge in [0, 0.05) is 19.4 Å². The molecule has 0 aromatic rings. The highest BCUT2D eigenvalue weighted by atomic mass is 31.2. The minimum Gasteiger partial charge on any atom is -0.462 e. The van der Waals surface area contributed by atoms with Gasteiger partial charge in [-0.25, -0.2) is 4.57 Å². The Labute approximate surface area is 445 Å². The Balaban J connectivity index is 3.78. The number of allylic oxidation sites excluding steroid dienone is 8. The van der Waals surface area contributed by atoms with Crippen LogP contribution in [0.5, 0.6) is 0 Å². The number of ether oxygens (including phenoxy) is 2. The summed E-state index contributed by atoms with van der Waals surface area (Å²) in [6.45, 7) is 3.61. The zero-order chi connectivity index (χ0) is 52.4. The normalized spacial score (nSPS) is 13.3. The van der Waals surface area contributed by atoms with Gasteiger partial charge in [-0.2, -0.15) is 0 Å². The minimum absolute atomic E-state index is 0.0463. The SMILES string of the molecule is CC/C=C\C/C=C\C/C=C\C/C=C\CCCCC(=O)OC(COC(=O)CCCCCCCCCCCCCCCCCCCCCCCCCCCCCCCCCCCCCC)COP(=O)(O)OCCN. The first kappa shape index (κ1) is 70.0. The summed E-state index contributed by atoms with van der Waals surface area (Å²) in [5, 5.41) is 0. The van der Waals surface area contributed by atoms with Gasteiger partial charge in [-0.05, 0) is 51.4 Å². The predicted octanol–water partition coefficient (Wildman–Crippen LogP) is 19.4. The molecule has 0 radical (unpaired) electrons. The van der Waals surface area contributed by atoms with E-state index in [4.69, 9.17) is 24.3 Å². The van der Waals surface area contributed by atoms with Crippen molar-refractivity contribution in [2.75, 3.05) is 26.4 Å². The van der Waals surface area contributed by atoms with E-state index in [1.807, 2.05) is 0 Å². The van der Waals surface area contributed by atoms with E-state index in [1.54, 1.807) is 0 Å². The molecule has 2 atom stereocenters. The molecule has 0 aromatic carbocycles. The molecular weight excluding hydrogens is 918 g/mol. The maximum absolute atomic E-state index is 12.6. The second-order valence-electron chi connectivity index (χ2n) is 20.6. The number of rotatable bonds is 58. The summed E-state index contributed by atoms with van der Waals surface area (Å²) >= 11 is 0. The third-order valence-corrected chi connectivity index (χ3v) is 14.5. The van der Waals surface area contributed by atoms with Gasteiger partial charge in [0.15, 0.2) is 6.10 Å². The van der Waals surface area contributed by atoms with Crippen LogP contribution in [0.15, 0.2) is 48.6 Å². The van der Waals surface area contributed by atoms with Crippen molar-refractivity contribution in [1.82, 2.24) is 0 Å². The standard InChI is InChI=1S/C62H116NO8P/c1-3-5-7-9-11-13-15-17-19-20-21-22-23-24-25-26-27-28-29-30-31-32-33-34-35-36-37-38-39-41-42-44-46-48-50-52-54-61(64)68-58-60(59-70-72(66,67)69-57-56-63)71-62(65)55-53-51-49-47-45-43-40-18-16-14-12-10-8-6-4-2/h6,8,12,14,18,40,45,47,60H,3-5,7,9-11,13,15-17,19-39,41-44,46,48-59,63H2,1-2H3,(H,66,67)/b8-6-,14-12-,40-18-,47-45-. The topological polar surface area (TPSA) is 134 Å². The summed E-state index contributed by atoms with van der Waals surface area (Å²) in [5.41, 5.74) is 5.37. The Morgan fingerprint density at radius 3 is 1.14 bits per heavy atom. The molecule has 3 N–H and O–H groups in total.